The molecule has 104 valence electrons. The van der Waals surface area contributed by atoms with Crippen LogP contribution in [0.25, 0.3) is 0 Å². The molecule has 1 aromatic carbocycles. The van der Waals surface area contributed by atoms with Crippen LogP contribution in [0, 0.1) is 0 Å². The van der Waals surface area contributed by atoms with Gasteiger partial charge in [-0.25, -0.2) is 0 Å². The maximum Gasteiger partial charge on any atom is 0.265 e. The van der Waals surface area contributed by atoms with Crippen LogP contribution in [0.2, 0.25) is 0 Å². The number of fused-ring (bicyclic) bond motifs is 1. The van der Waals surface area contributed by atoms with Gasteiger partial charge < -0.3 is 15.4 Å². The van der Waals surface area contributed by atoms with Crippen molar-refractivity contribution in [3.05, 3.63) is 18.2 Å². The van der Waals surface area contributed by atoms with Crippen molar-refractivity contribution >= 4 is 40.5 Å². The van der Waals surface area contributed by atoms with Gasteiger partial charge in [0.2, 0.25) is 0 Å². The van der Waals surface area contributed by atoms with Crippen LogP contribution in [0.3, 0.4) is 0 Å². The van der Waals surface area contributed by atoms with Gasteiger partial charge in [0.1, 0.15) is 11.8 Å². The van der Waals surface area contributed by atoms with Gasteiger partial charge in [-0.15, -0.1) is 0 Å². The Bertz CT molecular complexity index is 631. The summed E-state index contributed by atoms with van der Waals surface area (Å²) < 4.78 is 5.47. The Labute approximate surface area is 121 Å². The zero-order valence-corrected chi connectivity index (χ0v) is 11.8. The number of carbonyl (C=O) groups excluding carboxylic acids is 2. The zero-order valence-electron chi connectivity index (χ0n) is 11.0. The number of nitrogens with one attached hydrogen (secondary N) is 2. The number of carbonyl (C=O) groups is 2. The van der Waals surface area contributed by atoms with Gasteiger partial charge in [0, 0.05) is 0 Å². The van der Waals surface area contributed by atoms with Gasteiger partial charge >= 0.3 is 0 Å². The van der Waals surface area contributed by atoms with E-state index in [4.69, 9.17) is 17.0 Å². The van der Waals surface area contributed by atoms with E-state index in [1.165, 1.54) is 4.90 Å². The normalized spacial score (nSPS) is 24.9. The Morgan fingerprint density at radius 1 is 1.30 bits per heavy atom. The molecule has 7 heteroatoms. The molecule has 0 spiro atoms. The molecule has 20 heavy (non-hydrogen) atoms. The molecule has 2 atom stereocenters. The molecule has 2 N–H and O–H groups in total. The average molecular weight is 291 g/mol. The molecule has 1 saturated heterocycles. The molecular weight excluding hydrogens is 278 g/mol. The van der Waals surface area contributed by atoms with Crippen molar-refractivity contribution in [2.24, 2.45) is 0 Å². The lowest BCUT2D eigenvalue weighted by Crippen LogP contribution is -2.35. The number of amides is 2. The third-order valence-electron chi connectivity index (χ3n) is 3.29. The van der Waals surface area contributed by atoms with E-state index in [1.54, 1.807) is 32.0 Å². The molecule has 0 aromatic heterocycles. The molecule has 0 aliphatic carbocycles. The lowest BCUT2D eigenvalue weighted by Gasteiger charge is -2.25. The van der Waals surface area contributed by atoms with Crippen molar-refractivity contribution in [3.63, 3.8) is 0 Å². The summed E-state index contributed by atoms with van der Waals surface area (Å²) in [5.41, 5.74) is 1.15. The predicted octanol–water partition coefficient (Wildman–Crippen LogP) is 1.02. The molecule has 1 fully saturated rings. The SMILES string of the molecule is C[C@@H]1NC(=S)N(c2ccc3c(c2)NC(=O)[C@H](C)O3)C1=O. The van der Waals surface area contributed by atoms with E-state index in [1.807, 2.05) is 0 Å². The van der Waals surface area contributed by atoms with Crippen molar-refractivity contribution in [1.82, 2.24) is 5.32 Å². The summed E-state index contributed by atoms with van der Waals surface area (Å²) in [4.78, 5) is 25.1. The van der Waals surface area contributed by atoms with Crippen LogP contribution in [-0.2, 0) is 9.59 Å². The van der Waals surface area contributed by atoms with Crippen molar-refractivity contribution in [2.45, 2.75) is 26.0 Å². The predicted molar refractivity (Wildman–Crippen MR) is 77.8 cm³/mol. The minimum absolute atomic E-state index is 0.119. The Hall–Kier alpha value is -2.15. The number of hydrogen-bond acceptors (Lipinski definition) is 4. The van der Waals surface area contributed by atoms with E-state index in [2.05, 4.69) is 10.6 Å². The molecule has 0 unspecified atom stereocenters. The quantitative estimate of drug-likeness (QED) is 0.756. The summed E-state index contributed by atoms with van der Waals surface area (Å²) in [6.45, 7) is 3.43. The van der Waals surface area contributed by atoms with Gasteiger partial charge in [0.05, 0.1) is 11.4 Å². The van der Waals surface area contributed by atoms with Crippen LogP contribution in [0.4, 0.5) is 11.4 Å². The van der Waals surface area contributed by atoms with E-state index < -0.39 is 6.10 Å². The number of nitrogens with zero attached hydrogens (tertiary/aromatic N) is 1. The second kappa shape index (κ2) is 4.45. The number of hydrogen-bond donors (Lipinski definition) is 2. The third kappa shape index (κ3) is 1.90. The van der Waals surface area contributed by atoms with E-state index >= 15 is 0 Å². The highest BCUT2D eigenvalue weighted by atomic mass is 32.1. The molecule has 1 aromatic rings. The number of benzene rings is 1. The van der Waals surface area contributed by atoms with Crippen molar-refractivity contribution in [1.29, 1.82) is 0 Å². The van der Waals surface area contributed by atoms with Gasteiger partial charge in [-0.3, -0.25) is 14.5 Å². The first-order valence-electron chi connectivity index (χ1n) is 6.23. The summed E-state index contributed by atoms with van der Waals surface area (Å²) in [7, 11) is 0. The molecule has 2 aliphatic heterocycles. The molecular formula is C13H13N3O3S. The minimum atomic E-state index is -0.524. The summed E-state index contributed by atoms with van der Waals surface area (Å²) in [6.07, 6.45) is -0.524. The molecule has 0 radical (unpaired) electrons. The highest BCUT2D eigenvalue weighted by Crippen LogP contribution is 2.34. The minimum Gasteiger partial charge on any atom is -0.479 e. The van der Waals surface area contributed by atoms with Gasteiger partial charge in [0.15, 0.2) is 11.2 Å². The second-order valence-electron chi connectivity index (χ2n) is 4.77. The maximum absolute atomic E-state index is 12.1. The van der Waals surface area contributed by atoms with Crippen molar-refractivity contribution < 1.29 is 14.3 Å². The summed E-state index contributed by atoms with van der Waals surface area (Å²) in [5, 5.41) is 6.01. The Morgan fingerprint density at radius 3 is 2.70 bits per heavy atom. The van der Waals surface area contributed by atoms with Crippen LogP contribution < -0.4 is 20.3 Å². The standard InChI is InChI=1S/C13H13N3O3S/c1-6-12(18)16(13(20)14-6)8-3-4-10-9(5-8)15-11(17)7(2)19-10/h3-7H,1-2H3,(H,14,20)(H,15,17)/t6-,7-/m0/s1. The molecule has 2 aliphatic rings. The van der Waals surface area contributed by atoms with Gasteiger partial charge in [-0.05, 0) is 44.3 Å². The second-order valence-corrected chi connectivity index (χ2v) is 5.16. The highest BCUT2D eigenvalue weighted by molar-refractivity contribution is 7.80. The van der Waals surface area contributed by atoms with Crippen LogP contribution in [0.15, 0.2) is 18.2 Å². The molecule has 0 saturated carbocycles. The van der Waals surface area contributed by atoms with Gasteiger partial charge in [0.25, 0.3) is 11.8 Å². The maximum atomic E-state index is 12.1. The lowest BCUT2D eigenvalue weighted by molar-refractivity contribution is -0.122. The summed E-state index contributed by atoms with van der Waals surface area (Å²) in [6, 6.07) is 4.81. The first kappa shape index (κ1) is 12.9. The Balaban J connectivity index is 1.97. The van der Waals surface area contributed by atoms with Crippen LogP contribution in [0.5, 0.6) is 5.75 Å². The topological polar surface area (TPSA) is 70.7 Å². The van der Waals surface area contributed by atoms with E-state index in [0.717, 1.165) is 0 Å². The Morgan fingerprint density at radius 2 is 2.05 bits per heavy atom. The van der Waals surface area contributed by atoms with Gasteiger partial charge in [-0.2, -0.15) is 0 Å². The van der Waals surface area contributed by atoms with Crippen LogP contribution in [-0.4, -0.2) is 29.1 Å². The Kier molecular flexibility index (Phi) is 2.86. The third-order valence-corrected chi connectivity index (χ3v) is 3.59. The van der Waals surface area contributed by atoms with E-state index in [9.17, 15) is 9.59 Å². The summed E-state index contributed by atoms with van der Waals surface area (Å²) in [5.74, 6) is 0.252. The summed E-state index contributed by atoms with van der Waals surface area (Å²) >= 11 is 5.15. The van der Waals surface area contributed by atoms with Crippen LogP contribution >= 0.6 is 12.2 Å². The number of rotatable bonds is 1. The largest absolute Gasteiger partial charge is 0.479 e. The number of ether oxygens (including phenoxy) is 1. The fraction of sp³-hybridized carbons (Fsp3) is 0.308. The molecule has 6 nitrogen and oxygen atoms in total. The number of thiocarbonyl (C=S) groups is 1. The van der Waals surface area contributed by atoms with E-state index in [0.29, 0.717) is 22.2 Å². The lowest BCUT2D eigenvalue weighted by atomic mass is 10.2. The molecule has 0 bridgehead atoms. The first-order chi connectivity index (χ1) is 9.47. The smallest absolute Gasteiger partial charge is 0.265 e. The molecule has 2 amide bonds. The monoisotopic (exact) mass is 291 g/mol. The molecule has 3 rings (SSSR count). The van der Waals surface area contributed by atoms with Crippen molar-refractivity contribution in [2.75, 3.05) is 10.2 Å². The zero-order chi connectivity index (χ0) is 14.4. The fourth-order valence-corrected chi connectivity index (χ4v) is 2.56. The van der Waals surface area contributed by atoms with Crippen LogP contribution in [0.1, 0.15) is 13.8 Å². The fourth-order valence-electron chi connectivity index (χ4n) is 2.19. The molecule has 2 heterocycles. The first-order valence-corrected chi connectivity index (χ1v) is 6.64. The van der Waals surface area contributed by atoms with Gasteiger partial charge in [-0.1, -0.05) is 0 Å². The number of anilines is 2. The average Bonchev–Trinajstić information content (AvgIpc) is 2.64. The van der Waals surface area contributed by atoms with E-state index in [-0.39, 0.29) is 17.9 Å². The van der Waals surface area contributed by atoms with Crippen molar-refractivity contribution in [3.8, 4) is 5.75 Å². The highest BCUT2D eigenvalue weighted by Gasteiger charge is 2.34.